The molecular weight excluding hydrogens is 216 g/mol. The van der Waals surface area contributed by atoms with E-state index in [1.165, 1.54) is 11.1 Å². The molecule has 0 aliphatic heterocycles. The highest BCUT2D eigenvalue weighted by atomic mass is 32.1. The van der Waals surface area contributed by atoms with E-state index in [1.807, 2.05) is 6.92 Å². The molecule has 0 bridgehead atoms. The molecule has 2 N–H and O–H groups in total. The van der Waals surface area contributed by atoms with Crippen molar-refractivity contribution in [1.29, 1.82) is 0 Å². The molecular formula is C13H16N2S. The highest BCUT2D eigenvalue weighted by Crippen LogP contribution is 2.26. The molecule has 0 saturated heterocycles. The van der Waals surface area contributed by atoms with Crippen molar-refractivity contribution in [2.45, 2.75) is 19.8 Å². The summed E-state index contributed by atoms with van der Waals surface area (Å²) in [7, 11) is 0. The summed E-state index contributed by atoms with van der Waals surface area (Å²) in [6.07, 6.45) is 0. The molecule has 1 aromatic heterocycles. The number of thiazole rings is 1. The molecule has 2 rings (SSSR count). The number of nitrogens with zero attached hydrogens (tertiary/aromatic N) is 1. The van der Waals surface area contributed by atoms with E-state index < -0.39 is 0 Å². The Morgan fingerprint density at radius 1 is 1.25 bits per heavy atom. The summed E-state index contributed by atoms with van der Waals surface area (Å²) < 4.78 is 0. The van der Waals surface area contributed by atoms with E-state index in [1.54, 1.807) is 11.3 Å². The second kappa shape index (κ2) is 4.76. The lowest BCUT2D eigenvalue weighted by Gasteiger charge is -2.12. The van der Waals surface area contributed by atoms with E-state index >= 15 is 0 Å². The predicted molar refractivity (Wildman–Crippen MR) is 68.9 cm³/mol. The van der Waals surface area contributed by atoms with E-state index in [9.17, 15) is 0 Å². The molecule has 2 nitrogen and oxygen atoms in total. The SMILES string of the molecule is Cc1ccc(C(CN)c2nc(C)cs2)cc1. The van der Waals surface area contributed by atoms with Gasteiger partial charge in [-0.2, -0.15) is 0 Å². The summed E-state index contributed by atoms with van der Waals surface area (Å²) in [6, 6.07) is 8.53. The molecule has 84 valence electrons. The van der Waals surface area contributed by atoms with Crippen LogP contribution in [0.25, 0.3) is 0 Å². The van der Waals surface area contributed by atoms with Crippen molar-refractivity contribution in [3.05, 3.63) is 51.5 Å². The molecule has 3 heteroatoms. The lowest BCUT2D eigenvalue weighted by molar-refractivity contribution is 0.806. The maximum atomic E-state index is 5.85. The highest BCUT2D eigenvalue weighted by molar-refractivity contribution is 7.09. The number of aromatic nitrogens is 1. The summed E-state index contributed by atoms with van der Waals surface area (Å²) in [6.45, 7) is 4.72. The first-order valence-corrected chi connectivity index (χ1v) is 6.27. The van der Waals surface area contributed by atoms with Gasteiger partial charge in [0.15, 0.2) is 0 Å². The molecule has 2 aromatic rings. The fraction of sp³-hybridized carbons (Fsp3) is 0.308. The van der Waals surface area contributed by atoms with Crippen LogP contribution in [0, 0.1) is 13.8 Å². The van der Waals surface area contributed by atoms with Gasteiger partial charge in [0.25, 0.3) is 0 Å². The van der Waals surface area contributed by atoms with Crippen LogP contribution in [-0.4, -0.2) is 11.5 Å². The topological polar surface area (TPSA) is 38.9 Å². The number of aryl methyl sites for hydroxylation is 2. The third-order valence-corrected chi connectivity index (χ3v) is 3.73. The Kier molecular flexibility index (Phi) is 3.36. The third-order valence-electron chi connectivity index (χ3n) is 2.65. The monoisotopic (exact) mass is 232 g/mol. The lowest BCUT2D eigenvalue weighted by Crippen LogP contribution is -2.13. The molecule has 0 amide bonds. The van der Waals surface area contributed by atoms with Gasteiger partial charge in [0.1, 0.15) is 5.01 Å². The Balaban J connectivity index is 2.32. The molecule has 1 heterocycles. The summed E-state index contributed by atoms with van der Waals surface area (Å²) in [4.78, 5) is 4.52. The van der Waals surface area contributed by atoms with E-state index in [2.05, 4.69) is 41.6 Å². The Labute approximate surface area is 100 Å². The Hall–Kier alpha value is -1.19. The van der Waals surface area contributed by atoms with Crippen LogP contribution in [0.5, 0.6) is 0 Å². The van der Waals surface area contributed by atoms with E-state index in [0.717, 1.165) is 10.7 Å². The number of nitrogens with two attached hydrogens (primary N) is 1. The fourth-order valence-corrected chi connectivity index (χ4v) is 2.65. The van der Waals surface area contributed by atoms with Crippen LogP contribution >= 0.6 is 11.3 Å². The largest absolute Gasteiger partial charge is 0.329 e. The van der Waals surface area contributed by atoms with Crippen molar-refractivity contribution in [2.24, 2.45) is 5.73 Å². The van der Waals surface area contributed by atoms with Gasteiger partial charge in [-0.05, 0) is 19.4 Å². The molecule has 0 radical (unpaired) electrons. The Morgan fingerprint density at radius 3 is 2.44 bits per heavy atom. The van der Waals surface area contributed by atoms with Gasteiger partial charge < -0.3 is 5.73 Å². The van der Waals surface area contributed by atoms with Crippen molar-refractivity contribution < 1.29 is 0 Å². The van der Waals surface area contributed by atoms with Gasteiger partial charge in [-0.1, -0.05) is 29.8 Å². The summed E-state index contributed by atoms with van der Waals surface area (Å²) in [5.74, 6) is 0.235. The van der Waals surface area contributed by atoms with Crippen LogP contribution in [0.2, 0.25) is 0 Å². The second-order valence-corrected chi connectivity index (χ2v) is 4.92. The summed E-state index contributed by atoms with van der Waals surface area (Å²) >= 11 is 1.69. The van der Waals surface area contributed by atoms with Gasteiger partial charge in [0.05, 0.1) is 0 Å². The first-order chi connectivity index (χ1) is 7.70. The average Bonchev–Trinajstić information content (AvgIpc) is 2.69. The standard InChI is InChI=1S/C13H16N2S/c1-9-3-5-11(6-4-9)12(7-14)13-15-10(2)8-16-13/h3-6,8,12H,7,14H2,1-2H3. The average molecular weight is 232 g/mol. The van der Waals surface area contributed by atoms with E-state index in [0.29, 0.717) is 6.54 Å². The Morgan fingerprint density at radius 2 is 1.94 bits per heavy atom. The lowest BCUT2D eigenvalue weighted by atomic mass is 9.99. The first kappa shape index (κ1) is 11.3. The zero-order valence-corrected chi connectivity index (χ0v) is 10.4. The van der Waals surface area contributed by atoms with Crippen LogP contribution < -0.4 is 5.73 Å². The van der Waals surface area contributed by atoms with Gasteiger partial charge in [0.2, 0.25) is 0 Å². The van der Waals surface area contributed by atoms with Crippen LogP contribution in [0.15, 0.2) is 29.6 Å². The highest BCUT2D eigenvalue weighted by Gasteiger charge is 2.15. The second-order valence-electron chi connectivity index (χ2n) is 4.03. The van der Waals surface area contributed by atoms with Crippen molar-refractivity contribution in [3.63, 3.8) is 0 Å². The molecule has 1 atom stereocenters. The zero-order chi connectivity index (χ0) is 11.5. The quantitative estimate of drug-likeness (QED) is 0.883. The van der Waals surface area contributed by atoms with E-state index in [4.69, 9.17) is 5.73 Å². The molecule has 0 spiro atoms. The molecule has 1 unspecified atom stereocenters. The van der Waals surface area contributed by atoms with Crippen LogP contribution in [-0.2, 0) is 0 Å². The molecule has 0 saturated carbocycles. The fourth-order valence-electron chi connectivity index (χ4n) is 1.71. The van der Waals surface area contributed by atoms with E-state index in [-0.39, 0.29) is 5.92 Å². The van der Waals surface area contributed by atoms with Crippen LogP contribution in [0.3, 0.4) is 0 Å². The van der Waals surface area contributed by atoms with Crippen molar-refractivity contribution in [2.75, 3.05) is 6.54 Å². The third kappa shape index (κ3) is 2.31. The molecule has 1 aromatic carbocycles. The van der Waals surface area contributed by atoms with Gasteiger partial charge in [-0.3, -0.25) is 0 Å². The van der Waals surface area contributed by atoms with Crippen molar-refractivity contribution in [1.82, 2.24) is 4.98 Å². The maximum absolute atomic E-state index is 5.85. The zero-order valence-electron chi connectivity index (χ0n) is 9.60. The smallest absolute Gasteiger partial charge is 0.102 e. The Bertz CT molecular complexity index is 459. The maximum Gasteiger partial charge on any atom is 0.102 e. The summed E-state index contributed by atoms with van der Waals surface area (Å²) in [5, 5.41) is 3.19. The van der Waals surface area contributed by atoms with Gasteiger partial charge in [-0.15, -0.1) is 11.3 Å². The minimum Gasteiger partial charge on any atom is -0.329 e. The minimum absolute atomic E-state index is 0.235. The molecule has 0 fully saturated rings. The first-order valence-electron chi connectivity index (χ1n) is 5.39. The minimum atomic E-state index is 0.235. The van der Waals surface area contributed by atoms with Gasteiger partial charge in [-0.25, -0.2) is 4.98 Å². The van der Waals surface area contributed by atoms with Crippen LogP contribution in [0.4, 0.5) is 0 Å². The van der Waals surface area contributed by atoms with Crippen LogP contribution in [0.1, 0.15) is 27.7 Å². The predicted octanol–water partition coefficient (Wildman–Crippen LogP) is 2.85. The number of rotatable bonds is 3. The number of benzene rings is 1. The number of hydrogen-bond donors (Lipinski definition) is 1. The molecule has 0 aliphatic carbocycles. The normalized spacial score (nSPS) is 12.7. The molecule has 0 aliphatic rings. The number of hydrogen-bond acceptors (Lipinski definition) is 3. The van der Waals surface area contributed by atoms with Crippen molar-refractivity contribution >= 4 is 11.3 Å². The summed E-state index contributed by atoms with van der Waals surface area (Å²) in [5.41, 5.74) is 9.45. The van der Waals surface area contributed by atoms with Gasteiger partial charge in [0, 0.05) is 23.5 Å². The van der Waals surface area contributed by atoms with Crippen molar-refractivity contribution in [3.8, 4) is 0 Å². The molecule has 16 heavy (non-hydrogen) atoms. The van der Waals surface area contributed by atoms with Gasteiger partial charge >= 0.3 is 0 Å².